The Morgan fingerprint density at radius 1 is 1.41 bits per heavy atom. The molecule has 4 N–H and O–H groups in total. The number of carbonyl (C=O) groups is 3. The number of rotatable bonds is 6. The normalized spacial score (nSPS) is 31.2. The van der Waals surface area contributed by atoms with Gasteiger partial charge in [-0.05, 0) is 13.0 Å². The van der Waals surface area contributed by atoms with E-state index in [1.54, 1.807) is 0 Å². The molecule has 0 radical (unpaired) electrons. The highest BCUT2D eigenvalue weighted by Crippen LogP contribution is 2.37. The maximum Gasteiger partial charge on any atom is 0.323 e. The van der Waals surface area contributed by atoms with Gasteiger partial charge in [-0.2, -0.15) is 0 Å². The molecular weight excluding hydrogens is 296 g/mol. The average molecular weight is 316 g/mol. The number of ether oxygens (including phenoxy) is 1. The Morgan fingerprint density at radius 2 is 2.05 bits per heavy atom. The molecule has 0 bridgehead atoms. The molecule has 0 aliphatic carbocycles. The van der Waals surface area contributed by atoms with Crippen molar-refractivity contribution < 1.29 is 34.4 Å². The van der Waals surface area contributed by atoms with E-state index in [1.165, 1.54) is 14.0 Å². The van der Waals surface area contributed by atoms with Crippen molar-refractivity contribution in [3.63, 3.8) is 0 Å². The summed E-state index contributed by atoms with van der Waals surface area (Å²) in [7, 11) is 1.31. The van der Waals surface area contributed by atoms with E-state index < -0.39 is 48.9 Å². The Bertz CT molecular complexity index is 467. The van der Waals surface area contributed by atoms with Gasteiger partial charge in [0.1, 0.15) is 30.4 Å². The third-order valence-corrected chi connectivity index (χ3v) is 3.36. The van der Waals surface area contributed by atoms with Crippen LogP contribution in [-0.4, -0.2) is 76.0 Å². The monoisotopic (exact) mass is 316 g/mol. The molecule has 0 saturated carbocycles. The van der Waals surface area contributed by atoms with Gasteiger partial charge in [-0.25, -0.2) is 4.79 Å². The highest BCUT2D eigenvalue weighted by atomic mass is 16.6. The van der Waals surface area contributed by atoms with Gasteiger partial charge in [0.15, 0.2) is 5.72 Å². The lowest BCUT2D eigenvalue weighted by Gasteiger charge is -2.39. The lowest BCUT2D eigenvalue weighted by molar-refractivity contribution is -0.165. The first-order valence-electron chi connectivity index (χ1n) is 6.61. The number of carbonyl (C=O) groups excluding carboxylic acids is 3. The summed E-state index contributed by atoms with van der Waals surface area (Å²) in [5.74, 6) is -0.418. The maximum absolute atomic E-state index is 12.0. The van der Waals surface area contributed by atoms with Crippen LogP contribution in [0.5, 0.6) is 0 Å². The first-order chi connectivity index (χ1) is 10.3. The minimum Gasteiger partial charge on any atom is -0.394 e. The lowest BCUT2D eigenvalue weighted by atomic mass is 9.96. The van der Waals surface area contributed by atoms with Crippen molar-refractivity contribution in [2.45, 2.75) is 37.4 Å². The number of aldehydes is 1. The number of aliphatic hydroxyl groups excluding tert-OH is 3. The summed E-state index contributed by atoms with van der Waals surface area (Å²) in [4.78, 5) is 34.9. The zero-order valence-electron chi connectivity index (χ0n) is 12.3. The van der Waals surface area contributed by atoms with Crippen molar-refractivity contribution in [1.82, 2.24) is 10.2 Å². The van der Waals surface area contributed by atoms with E-state index in [4.69, 9.17) is 4.74 Å². The molecule has 22 heavy (non-hydrogen) atoms. The second-order valence-electron chi connectivity index (χ2n) is 4.90. The molecule has 0 aromatic heterocycles. The van der Waals surface area contributed by atoms with Gasteiger partial charge in [-0.1, -0.05) is 0 Å². The molecule has 1 rings (SSSR count). The number of hydrogen-bond acceptors (Lipinski definition) is 7. The number of Topliss-reactive ketones (excluding diaryl/α,β-unsaturated/α-hetero) is 1. The summed E-state index contributed by atoms with van der Waals surface area (Å²) in [5, 5.41) is 31.7. The second-order valence-corrected chi connectivity index (χ2v) is 4.90. The van der Waals surface area contributed by atoms with E-state index >= 15 is 0 Å². The number of amides is 2. The number of allylic oxidation sites excluding steroid dienone is 1. The fraction of sp³-hybridized carbons (Fsp3) is 0.615. The molecule has 1 heterocycles. The maximum atomic E-state index is 12.0. The van der Waals surface area contributed by atoms with Crippen LogP contribution in [0.25, 0.3) is 0 Å². The Kier molecular flexibility index (Phi) is 6.18. The van der Waals surface area contributed by atoms with Crippen LogP contribution < -0.4 is 5.32 Å². The molecular formula is C13H20N2O7. The van der Waals surface area contributed by atoms with Gasteiger partial charge in [0.05, 0.1) is 13.0 Å². The van der Waals surface area contributed by atoms with E-state index in [0.717, 1.165) is 17.2 Å². The van der Waals surface area contributed by atoms with Gasteiger partial charge < -0.3 is 25.4 Å². The Hall–Kier alpha value is -1.81. The highest BCUT2D eigenvalue weighted by Gasteiger charge is 2.58. The summed E-state index contributed by atoms with van der Waals surface area (Å²) in [5.41, 5.74) is -1.92. The molecule has 4 atom stereocenters. The SMILES string of the molecule is CNC(=O)N(/C=C\C=O)[C@]1(CC(C)=O)O[C@H](CO)[C@@H](O)[C@H]1O. The third-order valence-electron chi connectivity index (χ3n) is 3.36. The van der Waals surface area contributed by atoms with E-state index in [1.807, 2.05) is 0 Å². The van der Waals surface area contributed by atoms with Crippen molar-refractivity contribution in [2.75, 3.05) is 13.7 Å². The lowest BCUT2D eigenvalue weighted by Crippen LogP contribution is -2.59. The van der Waals surface area contributed by atoms with E-state index in [0.29, 0.717) is 6.29 Å². The smallest absolute Gasteiger partial charge is 0.323 e. The minimum absolute atomic E-state index is 0.401. The van der Waals surface area contributed by atoms with Crippen molar-refractivity contribution in [1.29, 1.82) is 0 Å². The van der Waals surface area contributed by atoms with E-state index in [9.17, 15) is 29.7 Å². The zero-order valence-corrected chi connectivity index (χ0v) is 12.3. The van der Waals surface area contributed by atoms with Crippen molar-refractivity contribution in [3.8, 4) is 0 Å². The molecule has 0 spiro atoms. The largest absolute Gasteiger partial charge is 0.394 e. The predicted molar refractivity (Wildman–Crippen MR) is 73.5 cm³/mol. The quantitative estimate of drug-likeness (QED) is 0.333. The molecule has 1 aliphatic rings. The summed E-state index contributed by atoms with van der Waals surface area (Å²) in [6.45, 7) is 0.610. The van der Waals surface area contributed by atoms with Gasteiger partial charge in [-0.3, -0.25) is 14.5 Å². The first kappa shape index (κ1) is 18.2. The molecule has 0 aromatic rings. The van der Waals surface area contributed by atoms with Crippen LogP contribution in [0.4, 0.5) is 4.79 Å². The van der Waals surface area contributed by atoms with Crippen LogP contribution in [0, 0.1) is 0 Å². The molecule has 0 aromatic carbocycles. The van der Waals surface area contributed by atoms with Gasteiger partial charge in [0.25, 0.3) is 0 Å². The topological polar surface area (TPSA) is 136 Å². The van der Waals surface area contributed by atoms with Gasteiger partial charge in [0.2, 0.25) is 0 Å². The Balaban J connectivity index is 3.35. The summed E-state index contributed by atoms with van der Waals surface area (Å²) in [6, 6.07) is -0.760. The van der Waals surface area contributed by atoms with Gasteiger partial charge in [-0.15, -0.1) is 0 Å². The van der Waals surface area contributed by atoms with Gasteiger partial charge in [0, 0.05) is 13.2 Å². The second kappa shape index (κ2) is 7.45. The molecule has 1 fully saturated rings. The van der Waals surface area contributed by atoms with Crippen LogP contribution in [0.1, 0.15) is 13.3 Å². The van der Waals surface area contributed by atoms with Crippen LogP contribution in [-0.2, 0) is 14.3 Å². The average Bonchev–Trinajstić information content (AvgIpc) is 2.72. The van der Waals surface area contributed by atoms with Gasteiger partial charge >= 0.3 is 6.03 Å². The third kappa shape index (κ3) is 3.33. The van der Waals surface area contributed by atoms with Crippen molar-refractivity contribution in [3.05, 3.63) is 12.3 Å². The van der Waals surface area contributed by atoms with Crippen molar-refractivity contribution >= 4 is 18.1 Å². The molecule has 9 nitrogen and oxygen atoms in total. The number of urea groups is 1. The number of nitrogens with one attached hydrogen (secondary N) is 1. The molecule has 1 aliphatic heterocycles. The number of aliphatic hydroxyl groups is 3. The van der Waals surface area contributed by atoms with E-state index in [2.05, 4.69) is 5.32 Å². The van der Waals surface area contributed by atoms with Crippen LogP contribution in [0.3, 0.4) is 0 Å². The van der Waals surface area contributed by atoms with Crippen LogP contribution in [0.15, 0.2) is 12.3 Å². The zero-order chi connectivity index (χ0) is 16.9. The minimum atomic E-state index is -1.92. The summed E-state index contributed by atoms with van der Waals surface area (Å²) >= 11 is 0. The van der Waals surface area contributed by atoms with Crippen LogP contribution >= 0.6 is 0 Å². The molecule has 124 valence electrons. The Morgan fingerprint density at radius 3 is 2.45 bits per heavy atom. The molecule has 2 amide bonds. The number of nitrogens with zero attached hydrogens (tertiary/aromatic N) is 1. The first-order valence-corrected chi connectivity index (χ1v) is 6.61. The fourth-order valence-corrected chi connectivity index (χ4v) is 2.41. The standard InChI is InChI=1S/C13H20N2O7/c1-8(18)6-13(11(20)10(19)9(7-17)22-13)15(4-3-5-16)12(21)14-2/h3-5,9-11,17,19-20H,6-7H2,1-2H3,(H,14,21)/b4-3-/t9-,10-,11-,13-/m1/s1. The fourth-order valence-electron chi connectivity index (χ4n) is 2.41. The predicted octanol–water partition coefficient (Wildman–Crippen LogP) is -1.87. The molecule has 1 saturated heterocycles. The molecule has 0 unspecified atom stereocenters. The number of ketones is 1. The van der Waals surface area contributed by atoms with Crippen molar-refractivity contribution in [2.24, 2.45) is 0 Å². The molecule has 9 heteroatoms. The van der Waals surface area contributed by atoms with Crippen LogP contribution in [0.2, 0.25) is 0 Å². The summed E-state index contributed by atoms with van der Waals surface area (Å²) < 4.78 is 5.44. The van der Waals surface area contributed by atoms with E-state index in [-0.39, 0.29) is 0 Å². The number of hydrogen-bond donors (Lipinski definition) is 4. The Labute approximate surface area is 127 Å². The highest BCUT2D eigenvalue weighted by molar-refractivity contribution is 5.81. The summed E-state index contributed by atoms with van der Waals surface area (Å²) in [6.07, 6.45) is -2.35.